The minimum absolute atomic E-state index is 0.370. The van der Waals surface area contributed by atoms with E-state index in [0.29, 0.717) is 30.1 Å². The van der Waals surface area contributed by atoms with Gasteiger partial charge >= 0.3 is 5.69 Å². The maximum Gasteiger partial charge on any atom is 0.332 e. The van der Waals surface area contributed by atoms with Gasteiger partial charge in [0.05, 0.1) is 12.8 Å². The molecule has 0 spiro atoms. The van der Waals surface area contributed by atoms with Crippen molar-refractivity contribution >= 4 is 16.9 Å². The number of aryl methyl sites for hydroxylation is 2. The molecule has 0 unspecified atom stereocenters. The normalized spacial score (nSPS) is 11.6. The van der Waals surface area contributed by atoms with E-state index in [9.17, 15) is 9.59 Å². The van der Waals surface area contributed by atoms with Gasteiger partial charge in [-0.15, -0.1) is 0 Å². The Kier molecular flexibility index (Phi) is 4.75. The van der Waals surface area contributed by atoms with Gasteiger partial charge in [0.25, 0.3) is 5.56 Å². The van der Waals surface area contributed by atoms with Crippen LogP contribution in [0.5, 0.6) is 5.75 Å². The SMILES string of the molecule is COCCCn1c(-c2ccc(OC)cc2)cn2c3c(=O)n(C)c(=O)n(C)c3nc12. The van der Waals surface area contributed by atoms with Crippen molar-refractivity contribution < 1.29 is 9.47 Å². The Bertz CT molecular complexity index is 1310. The summed E-state index contributed by atoms with van der Waals surface area (Å²) in [5.41, 5.74) is 1.88. The summed E-state index contributed by atoms with van der Waals surface area (Å²) in [5, 5.41) is 0. The van der Waals surface area contributed by atoms with Crippen molar-refractivity contribution in [1.29, 1.82) is 0 Å². The van der Waals surface area contributed by atoms with Gasteiger partial charge in [0.2, 0.25) is 5.78 Å². The van der Waals surface area contributed by atoms with Crippen LogP contribution in [0.15, 0.2) is 40.1 Å². The molecule has 0 saturated heterocycles. The molecule has 3 heterocycles. The highest BCUT2D eigenvalue weighted by atomic mass is 16.5. The summed E-state index contributed by atoms with van der Waals surface area (Å²) in [5.74, 6) is 1.38. The van der Waals surface area contributed by atoms with Crippen LogP contribution in [-0.4, -0.2) is 43.9 Å². The molecule has 0 saturated carbocycles. The van der Waals surface area contributed by atoms with Gasteiger partial charge in [0.1, 0.15) is 5.75 Å². The molecule has 0 radical (unpaired) electrons. The van der Waals surface area contributed by atoms with Gasteiger partial charge in [-0.2, -0.15) is 4.98 Å². The number of hydrogen-bond acceptors (Lipinski definition) is 5. The van der Waals surface area contributed by atoms with Gasteiger partial charge in [-0.3, -0.25) is 18.3 Å². The molecule has 0 aliphatic heterocycles. The van der Waals surface area contributed by atoms with E-state index < -0.39 is 5.69 Å². The number of ether oxygens (including phenoxy) is 2. The van der Waals surface area contributed by atoms with Crippen molar-refractivity contribution in [2.75, 3.05) is 20.8 Å². The molecule has 0 amide bonds. The van der Waals surface area contributed by atoms with Crippen LogP contribution in [0.4, 0.5) is 0 Å². The van der Waals surface area contributed by atoms with Crippen molar-refractivity contribution in [3.63, 3.8) is 0 Å². The number of methoxy groups -OCH3 is 2. The lowest BCUT2D eigenvalue weighted by Gasteiger charge is -2.09. The molecule has 4 aromatic rings. The molecule has 9 heteroatoms. The van der Waals surface area contributed by atoms with Crippen molar-refractivity contribution in [3.05, 3.63) is 51.3 Å². The van der Waals surface area contributed by atoms with Gasteiger partial charge in [-0.1, -0.05) is 0 Å². The second-order valence-corrected chi connectivity index (χ2v) is 6.90. The highest BCUT2D eigenvalue weighted by Gasteiger charge is 2.20. The van der Waals surface area contributed by atoms with Gasteiger partial charge in [0.15, 0.2) is 11.2 Å². The number of fused-ring (bicyclic) bond motifs is 3. The van der Waals surface area contributed by atoms with Crippen LogP contribution in [-0.2, 0) is 25.4 Å². The first kappa shape index (κ1) is 19.0. The fourth-order valence-corrected chi connectivity index (χ4v) is 3.60. The Hall–Kier alpha value is -3.33. The summed E-state index contributed by atoms with van der Waals surface area (Å²) < 4.78 is 16.8. The molecule has 4 rings (SSSR count). The Morgan fingerprint density at radius 3 is 2.41 bits per heavy atom. The molecule has 152 valence electrons. The van der Waals surface area contributed by atoms with Crippen LogP contribution < -0.4 is 16.0 Å². The molecular weight excluding hydrogens is 374 g/mol. The van der Waals surface area contributed by atoms with Gasteiger partial charge in [-0.05, 0) is 30.7 Å². The third-order valence-electron chi connectivity index (χ3n) is 5.17. The van der Waals surface area contributed by atoms with Crippen molar-refractivity contribution in [2.45, 2.75) is 13.0 Å². The zero-order valence-electron chi connectivity index (χ0n) is 16.9. The predicted molar refractivity (Wildman–Crippen MR) is 110 cm³/mol. The van der Waals surface area contributed by atoms with Crippen LogP contribution in [0.3, 0.4) is 0 Å². The lowest BCUT2D eigenvalue weighted by molar-refractivity contribution is 0.191. The van der Waals surface area contributed by atoms with E-state index in [1.54, 1.807) is 25.7 Å². The monoisotopic (exact) mass is 397 g/mol. The maximum absolute atomic E-state index is 12.8. The average molecular weight is 397 g/mol. The predicted octanol–water partition coefficient (Wildman–Crippen LogP) is 1.40. The molecule has 0 fully saturated rings. The van der Waals surface area contributed by atoms with Crippen LogP contribution in [0.2, 0.25) is 0 Å². The molecule has 0 N–H and O–H groups in total. The minimum atomic E-state index is -0.399. The van der Waals surface area contributed by atoms with Crippen LogP contribution in [0, 0.1) is 0 Å². The average Bonchev–Trinajstić information content (AvgIpc) is 3.28. The third-order valence-corrected chi connectivity index (χ3v) is 5.17. The highest BCUT2D eigenvalue weighted by Crippen LogP contribution is 2.27. The number of hydrogen-bond donors (Lipinski definition) is 0. The van der Waals surface area contributed by atoms with E-state index >= 15 is 0 Å². The topological polar surface area (TPSA) is 84.7 Å². The van der Waals surface area contributed by atoms with Crippen LogP contribution in [0.1, 0.15) is 6.42 Å². The zero-order chi connectivity index (χ0) is 20.7. The second-order valence-electron chi connectivity index (χ2n) is 6.90. The van der Waals surface area contributed by atoms with E-state index in [2.05, 4.69) is 4.98 Å². The van der Waals surface area contributed by atoms with Gasteiger partial charge in [-0.25, -0.2) is 4.79 Å². The first-order chi connectivity index (χ1) is 14.0. The van der Waals surface area contributed by atoms with Crippen molar-refractivity contribution in [3.8, 4) is 17.0 Å². The number of benzene rings is 1. The highest BCUT2D eigenvalue weighted by molar-refractivity contribution is 5.78. The van der Waals surface area contributed by atoms with E-state index in [0.717, 1.165) is 28.0 Å². The second kappa shape index (κ2) is 7.25. The molecular formula is C20H23N5O4. The summed E-state index contributed by atoms with van der Waals surface area (Å²) in [6, 6.07) is 7.73. The molecule has 9 nitrogen and oxygen atoms in total. The Morgan fingerprint density at radius 1 is 1.03 bits per heavy atom. The van der Waals surface area contributed by atoms with Gasteiger partial charge < -0.3 is 14.0 Å². The molecule has 1 aromatic carbocycles. The maximum atomic E-state index is 12.8. The largest absolute Gasteiger partial charge is 0.497 e. The minimum Gasteiger partial charge on any atom is -0.497 e. The lowest BCUT2D eigenvalue weighted by atomic mass is 10.1. The van der Waals surface area contributed by atoms with E-state index in [-0.39, 0.29) is 5.56 Å². The first-order valence-corrected chi connectivity index (χ1v) is 9.28. The molecule has 0 aliphatic carbocycles. The van der Waals surface area contributed by atoms with Crippen LogP contribution >= 0.6 is 0 Å². The number of nitrogens with zero attached hydrogens (tertiary/aromatic N) is 5. The van der Waals surface area contributed by atoms with Crippen molar-refractivity contribution in [1.82, 2.24) is 23.1 Å². The zero-order valence-corrected chi connectivity index (χ0v) is 16.9. The summed E-state index contributed by atoms with van der Waals surface area (Å²) >= 11 is 0. The quantitative estimate of drug-likeness (QED) is 0.459. The van der Waals surface area contributed by atoms with E-state index in [1.807, 2.05) is 35.0 Å². The summed E-state index contributed by atoms with van der Waals surface area (Å²) in [6.45, 7) is 1.26. The van der Waals surface area contributed by atoms with E-state index in [4.69, 9.17) is 9.47 Å². The molecule has 0 bridgehead atoms. The van der Waals surface area contributed by atoms with Crippen molar-refractivity contribution in [2.24, 2.45) is 14.1 Å². The molecule has 29 heavy (non-hydrogen) atoms. The fourth-order valence-electron chi connectivity index (χ4n) is 3.60. The summed E-state index contributed by atoms with van der Waals surface area (Å²) in [7, 11) is 6.39. The first-order valence-electron chi connectivity index (χ1n) is 9.28. The smallest absolute Gasteiger partial charge is 0.332 e. The molecule has 0 atom stereocenters. The van der Waals surface area contributed by atoms with Crippen LogP contribution in [0.25, 0.3) is 28.2 Å². The van der Waals surface area contributed by atoms with Gasteiger partial charge in [0, 0.05) is 46.1 Å². The standard InChI is InChI=1S/C20H23N5O4/c1-22-17-16(18(26)23(2)20(22)27)25-12-15(13-6-8-14(29-4)9-7-13)24(19(25)21-17)10-5-11-28-3/h6-9,12H,5,10-11H2,1-4H3. The summed E-state index contributed by atoms with van der Waals surface area (Å²) in [6.07, 6.45) is 2.68. The Morgan fingerprint density at radius 2 is 1.76 bits per heavy atom. The fraction of sp³-hybridized carbons (Fsp3) is 0.350. The number of aromatic nitrogens is 5. The molecule has 0 aliphatic rings. The number of imidazole rings is 2. The molecule has 3 aromatic heterocycles. The third kappa shape index (κ3) is 2.94. The Balaban J connectivity index is 2.01. The summed E-state index contributed by atoms with van der Waals surface area (Å²) in [4.78, 5) is 29.8. The number of rotatable bonds is 6. The van der Waals surface area contributed by atoms with E-state index in [1.165, 1.54) is 11.6 Å². The Labute approximate surface area is 166 Å². The lowest BCUT2D eigenvalue weighted by Crippen LogP contribution is -2.37.